The van der Waals surface area contributed by atoms with Gasteiger partial charge in [-0.2, -0.15) is 0 Å². The van der Waals surface area contributed by atoms with Crippen molar-refractivity contribution < 1.29 is 9.53 Å². The number of hydrogen-bond acceptors (Lipinski definition) is 4. The predicted octanol–water partition coefficient (Wildman–Crippen LogP) is 3.40. The summed E-state index contributed by atoms with van der Waals surface area (Å²) in [6, 6.07) is 12.4. The molecule has 1 atom stereocenters. The third-order valence-electron chi connectivity index (χ3n) is 3.86. The molecule has 2 N–H and O–H groups in total. The maximum Gasteiger partial charge on any atom is 0.319 e. The Morgan fingerprint density at radius 2 is 2.12 bits per heavy atom. The van der Waals surface area contributed by atoms with Gasteiger partial charge < -0.3 is 15.4 Å². The van der Waals surface area contributed by atoms with Crippen molar-refractivity contribution in [3.05, 3.63) is 54.5 Å². The summed E-state index contributed by atoms with van der Waals surface area (Å²) in [6.45, 7) is 2.07. The quantitative estimate of drug-likeness (QED) is 0.721. The first-order valence-corrected chi connectivity index (χ1v) is 8.22. The molecule has 3 rings (SSSR count). The van der Waals surface area contributed by atoms with Crippen LogP contribution in [-0.4, -0.2) is 27.7 Å². The highest BCUT2D eigenvalue weighted by Crippen LogP contribution is 2.19. The number of benzene rings is 1. The minimum absolute atomic E-state index is 0.229. The van der Waals surface area contributed by atoms with E-state index in [1.807, 2.05) is 47.0 Å². The average Bonchev–Trinajstić information content (AvgIpc) is 3.05. The minimum Gasteiger partial charge on any atom is -0.497 e. The Morgan fingerprint density at radius 3 is 2.92 bits per heavy atom. The van der Waals surface area contributed by atoms with Gasteiger partial charge in [0.25, 0.3) is 0 Å². The summed E-state index contributed by atoms with van der Waals surface area (Å²) in [7, 11) is 1.59. The van der Waals surface area contributed by atoms with E-state index in [1.54, 1.807) is 13.2 Å². The average molecular weight is 339 g/mol. The summed E-state index contributed by atoms with van der Waals surface area (Å²) >= 11 is 0. The number of rotatable bonds is 6. The number of aromatic nitrogens is 3. The standard InChI is InChI=1S/C18H21N5O2/c1-3-7-15(17-22-21-16-10-4-5-11-23(16)17)20-18(24)19-13-8-6-9-14(12-13)25-2/h4-6,8-12,15H,3,7H2,1-2H3,(H2,19,20,24). The van der Waals surface area contributed by atoms with E-state index in [-0.39, 0.29) is 12.1 Å². The molecule has 7 nitrogen and oxygen atoms in total. The maximum absolute atomic E-state index is 12.4. The van der Waals surface area contributed by atoms with Crippen molar-refractivity contribution in [2.75, 3.05) is 12.4 Å². The van der Waals surface area contributed by atoms with Crippen LogP contribution in [0.2, 0.25) is 0 Å². The number of nitrogens with zero attached hydrogens (tertiary/aromatic N) is 3. The lowest BCUT2D eigenvalue weighted by Crippen LogP contribution is -2.33. The van der Waals surface area contributed by atoms with Crippen LogP contribution in [0.15, 0.2) is 48.7 Å². The fraction of sp³-hybridized carbons (Fsp3) is 0.278. The number of methoxy groups -OCH3 is 1. The lowest BCUT2D eigenvalue weighted by molar-refractivity contribution is 0.247. The molecule has 0 saturated carbocycles. The van der Waals surface area contributed by atoms with Crippen molar-refractivity contribution in [2.24, 2.45) is 0 Å². The van der Waals surface area contributed by atoms with Gasteiger partial charge in [-0.15, -0.1) is 10.2 Å². The van der Waals surface area contributed by atoms with Crippen LogP contribution < -0.4 is 15.4 Å². The van der Waals surface area contributed by atoms with E-state index in [0.29, 0.717) is 11.4 Å². The number of nitrogens with one attached hydrogen (secondary N) is 2. The van der Waals surface area contributed by atoms with Crippen LogP contribution in [0.5, 0.6) is 5.75 Å². The monoisotopic (exact) mass is 339 g/mol. The number of hydrogen-bond donors (Lipinski definition) is 2. The fourth-order valence-corrected chi connectivity index (χ4v) is 2.68. The molecule has 1 aromatic carbocycles. The topological polar surface area (TPSA) is 80.5 Å². The second kappa shape index (κ2) is 7.65. The van der Waals surface area contributed by atoms with Gasteiger partial charge in [0.15, 0.2) is 11.5 Å². The number of pyridine rings is 1. The molecule has 2 amide bonds. The number of carbonyl (C=O) groups excluding carboxylic acids is 1. The highest BCUT2D eigenvalue weighted by Gasteiger charge is 2.19. The fourth-order valence-electron chi connectivity index (χ4n) is 2.68. The first-order chi connectivity index (χ1) is 12.2. The molecule has 2 aromatic heterocycles. The van der Waals surface area contributed by atoms with Crippen molar-refractivity contribution in [3.63, 3.8) is 0 Å². The minimum atomic E-state index is -0.292. The molecule has 0 aliphatic heterocycles. The van der Waals surface area contributed by atoms with Crippen molar-refractivity contribution in [1.82, 2.24) is 19.9 Å². The lowest BCUT2D eigenvalue weighted by Gasteiger charge is -2.17. The van der Waals surface area contributed by atoms with E-state index >= 15 is 0 Å². The second-order valence-electron chi connectivity index (χ2n) is 5.66. The van der Waals surface area contributed by atoms with E-state index in [0.717, 1.165) is 24.3 Å². The third kappa shape index (κ3) is 3.88. The number of urea groups is 1. The summed E-state index contributed by atoms with van der Waals surface area (Å²) in [5.41, 5.74) is 1.42. The van der Waals surface area contributed by atoms with Gasteiger partial charge in [-0.05, 0) is 30.7 Å². The Labute approximate surface area is 146 Å². The molecule has 0 aliphatic rings. The second-order valence-corrected chi connectivity index (χ2v) is 5.66. The highest BCUT2D eigenvalue weighted by molar-refractivity contribution is 5.89. The molecular formula is C18H21N5O2. The van der Waals surface area contributed by atoms with Gasteiger partial charge in [-0.25, -0.2) is 4.79 Å². The van der Waals surface area contributed by atoms with E-state index < -0.39 is 0 Å². The molecule has 0 radical (unpaired) electrons. The van der Waals surface area contributed by atoms with Gasteiger partial charge in [0, 0.05) is 18.0 Å². The largest absolute Gasteiger partial charge is 0.497 e. The smallest absolute Gasteiger partial charge is 0.319 e. The van der Waals surface area contributed by atoms with Gasteiger partial charge in [0.1, 0.15) is 5.75 Å². The molecule has 0 aliphatic carbocycles. The van der Waals surface area contributed by atoms with Crippen molar-refractivity contribution in [2.45, 2.75) is 25.8 Å². The van der Waals surface area contributed by atoms with Gasteiger partial charge >= 0.3 is 6.03 Å². The lowest BCUT2D eigenvalue weighted by atomic mass is 10.1. The summed E-state index contributed by atoms with van der Waals surface area (Å²) < 4.78 is 7.06. The molecule has 0 fully saturated rings. The summed E-state index contributed by atoms with van der Waals surface area (Å²) in [6.07, 6.45) is 3.57. The normalized spacial score (nSPS) is 11.9. The van der Waals surface area contributed by atoms with Gasteiger partial charge in [-0.3, -0.25) is 4.40 Å². The zero-order valence-corrected chi connectivity index (χ0v) is 14.3. The Balaban J connectivity index is 1.76. The molecule has 7 heteroatoms. The van der Waals surface area contributed by atoms with Crippen LogP contribution >= 0.6 is 0 Å². The third-order valence-corrected chi connectivity index (χ3v) is 3.86. The molecule has 25 heavy (non-hydrogen) atoms. The summed E-state index contributed by atoms with van der Waals surface area (Å²) in [5.74, 6) is 1.41. The van der Waals surface area contributed by atoms with E-state index in [4.69, 9.17) is 4.74 Å². The van der Waals surface area contributed by atoms with E-state index in [1.165, 1.54) is 0 Å². The zero-order valence-electron chi connectivity index (χ0n) is 14.3. The number of carbonyl (C=O) groups is 1. The van der Waals surface area contributed by atoms with Gasteiger partial charge in [-0.1, -0.05) is 25.5 Å². The molecule has 0 bridgehead atoms. The first-order valence-electron chi connectivity index (χ1n) is 8.22. The van der Waals surface area contributed by atoms with E-state index in [2.05, 4.69) is 27.8 Å². The maximum atomic E-state index is 12.4. The molecule has 0 spiro atoms. The molecule has 1 unspecified atom stereocenters. The number of anilines is 1. The Morgan fingerprint density at radius 1 is 1.24 bits per heavy atom. The van der Waals surface area contributed by atoms with Crippen LogP contribution in [-0.2, 0) is 0 Å². The number of amides is 2. The molecular weight excluding hydrogens is 318 g/mol. The van der Waals surface area contributed by atoms with Crippen LogP contribution in [0.4, 0.5) is 10.5 Å². The van der Waals surface area contributed by atoms with Crippen LogP contribution in [0.3, 0.4) is 0 Å². The zero-order chi connectivity index (χ0) is 17.6. The predicted molar refractivity (Wildman–Crippen MR) is 95.8 cm³/mol. The van der Waals surface area contributed by atoms with Crippen molar-refractivity contribution in [3.8, 4) is 5.75 Å². The summed E-state index contributed by atoms with van der Waals surface area (Å²) in [5, 5.41) is 14.2. The van der Waals surface area contributed by atoms with Gasteiger partial charge in [0.2, 0.25) is 0 Å². The Kier molecular flexibility index (Phi) is 5.13. The highest BCUT2D eigenvalue weighted by atomic mass is 16.5. The first kappa shape index (κ1) is 16.8. The molecule has 130 valence electrons. The molecule has 0 saturated heterocycles. The SMILES string of the molecule is CCCC(NC(=O)Nc1cccc(OC)c1)c1nnc2ccccn12. The molecule has 3 aromatic rings. The van der Waals surface area contributed by atoms with Crippen LogP contribution in [0.25, 0.3) is 5.65 Å². The van der Waals surface area contributed by atoms with Crippen LogP contribution in [0.1, 0.15) is 31.6 Å². The summed E-state index contributed by atoms with van der Waals surface area (Å²) in [4.78, 5) is 12.4. The van der Waals surface area contributed by atoms with Crippen molar-refractivity contribution >= 4 is 17.4 Å². The van der Waals surface area contributed by atoms with Crippen molar-refractivity contribution in [1.29, 1.82) is 0 Å². The van der Waals surface area contributed by atoms with E-state index in [9.17, 15) is 4.79 Å². The molecule has 2 heterocycles. The Bertz CT molecular complexity index is 861. The Hall–Kier alpha value is -3.09. The van der Waals surface area contributed by atoms with Crippen LogP contribution in [0, 0.1) is 0 Å². The number of fused-ring (bicyclic) bond motifs is 1. The van der Waals surface area contributed by atoms with Gasteiger partial charge in [0.05, 0.1) is 13.2 Å². The number of ether oxygens (including phenoxy) is 1.